The molecule has 0 aromatic heterocycles. The van der Waals surface area contributed by atoms with Gasteiger partial charge in [0.1, 0.15) is 0 Å². The fourth-order valence-electron chi connectivity index (χ4n) is 2.54. The van der Waals surface area contributed by atoms with Gasteiger partial charge in [0.25, 0.3) is 15.7 Å². The molecule has 0 radical (unpaired) electrons. The SMILES string of the molecule is C/C(=N/NS(=O)(=O)c1ccc(C)c([N+](=O)[O-])c1)c1cc(C)c(C)cc1C. The van der Waals surface area contributed by atoms with Gasteiger partial charge < -0.3 is 0 Å². The van der Waals surface area contributed by atoms with Crippen molar-refractivity contribution >= 4 is 21.4 Å². The zero-order valence-electron chi connectivity index (χ0n) is 15.3. The van der Waals surface area contributed by atoms with Crippen LogP contribution in [0.4, 0.5) is 5.69 Å². The standard InChI is InChI=1S/C18H21N3O4S/c1-11-6-7-16(10-18(11)21(22)23)26(24,25)20-19-15(5)17-9-13(3)12(2)8-14(17)4/h6-10,20H,1-5H3/b19-15-. The van der Waals surface area contributed by atoms with E-state index in [0.29, 0.717) is 11.3 Å². The zero-order chi connectivity index (χ0) is 19.6. The van der Waals surface area contributed by atoms with E-state index >= 15 is 0 Å². The molecule has 8 heteroatoms. The number of aryl methyl sites for hydroxylation is 4. The van der Waals surface area contributed by atoms with Crippen molar-refractivity contribution in [3.8, 4) is 0 Å². The Kier molecular flexibility index (Phi) is 5.46. The van der Waals surface area contributed by atoms with Crippen LogP contribution in [0.2, 0.25) is 0 Å². The number of hydrogen-bond acceptors (Lipinski definition) is 5. The number of hydrogen-bond donors (Lipinski definition) is 1. The van der Waals surface area contributed by atoms with Crippen molar-refractivity contribution in [1.29, 1.82) is 0 Å². The first-order chi connectivity index (χ1) is 12.0. The Bertz CT molecular complexity index is 1010. The summed E-state index contributed by atoms with van der Waals surface area (Å²) in [4.78, 5) is 12.4. The number of nitro benzene ring substituents is 1. The normalized spacial score (nSPS) is 12.1. The predicted molar refractivity (Wildman–Crippen MR) is 101 cm³/mol. The van der Waals surface area contributed by atoms with Crippen LogP contribution < -0.4 is 4.83 Å². The second-order valence-corrected chi connectivity index (χ2v) is 7.91. The molecule has 0 aliphatic rings. The Labute approximate surface area is 153 Å². The van der Waals surface area contributed by atoms with E-state index in [-0.39, 0.29) is 10.6 Å². The molecule has 7 nitrogen and oxygen atoms in total. The van der Waals surface area contributed by atoms with E-state index in [1.165, 1.54) is 12.1 Å². The van der Waals surface area contributed by atoms with Gasteiger partial charge in [-0.15, -0.1) is 0 Å². The van der Waals surface area contributed by atoms with Crippen molar-refractivity contribution in [2.75, 3.05) is 0 Å². The molecule has 138 valence electrons. The number of nitro groups is 1. The maximum atomic E-state index is 12.4. The topological polar surface area (TPSA) is 102 Å². The maximum absolute atomic E-state index is 12.4. The predicted octanol–water partition coefficient (Wildman–Crippen LogP) is 3.53. The molecule has 0 aliphatic carbocycles. The first-order valence-electron chi connectivity index (χ1n) is 7.92. The lowest BCUT2D eigenvalue weighted by Crippen LogP contribution is -2.20. The van der Waals surface area contributed by atoms with Crippen LogP contribution in [0.25, 0.3) is 0 Å². The second kappa shape index (κ2) is 7.25. The van der Waals surface area contributed by atoms with E-state index in [0.717, 1.165) is 28.3 Å². The Balaban J connectivity index is 2.35. The molecule has 26 heavy (non-hydrogen) atoms. The molecule has 0 fully saturated rings. The summed E-state index contributed by atoms with van der Waals surface area (Å²) in [6, 6.07) is 7.72. The fraction of sp³-hybridized carbons (Fsp3) is 0.278. The summed E-state index contributed by atoms with van der Waals surface area (Å²) < 4.78 is 24.8. The van der Waals surface area contributed by atoms with Gasteiger partial charge in [-0.05, 0) is 63.4 Å². The highest BCUT2D eigenvalue weighted by Gasteiger charge is 2.19. The number of nitrogens with zero attached hydrogens (tertiary/aromatic N) is 2. The molecular weight excluding hydrogens is 354 g/mol. The van der Waals surface area contributed by atoms with Crippen molar-refractivity contribution in [3.63, 3.8) is 0 Å². The highest BCUT2D eigenvalue weighted by molar-refractivity contribution is 7.89. The molecule has 1 N–H and O–H groups in total. The lowest BCUT2D eigenvalue weighted by Gasteiger charge is -2.10. The van der Waals surface area contributed by atoms with E-state index in [2.05, 4.69) is 9.93 Å². The molecule has 0 amide bonds. The van der Waals surface area contributed by atoms with Crippen LogP contribution in [-0.2, 0) is 10.0 Å². The van der Waals surface area contributed by atoms with Crippen molar-refractivity contribution in [2.24, 2.45) is 5.10 Å². The van der Waals surface area contributed by atoms with Gasteiger partial charge in [0.2, 0.25) is 0 Å². The van der Waals surface area contributed by atoms with Gasteiger partial charge in [-0.25, -0.2) is 0 Å². The van der Waals surface area contributed by atoms with Crippen molar-refractivity contribution in [1.82, 2.24) is 4.83 Å². The second-order valence-electron chi connectivity index (χ2n) is 6.25. The number of benzene rings is 2. The van der Waals surface area contributed by atoms with E-state index in [1.807, 2.05) is 32.9 Å². The molecule has 0 bridgehead atoms. The van der Waals surface area contributed by atoms with Gasteiger partial charge >= 0.3 is 0 Å². The van der Waals surface area contributed by atoms with E-state index < -0.39 is 14.9 Å². The van der Waals surface area contributed by atoms with Crippen LogP contribution in [-0.4, -0.2) is 19.1 Å². The van der Waals surface area contributed by atoms with Crippen molar-refractivity contribution in [3.05, 3.63) is 68.3 Å². The van der Waals surface area contributed by atoms with Crippen LogP contribution in [0.1, 0.15) is 34.7 Å². The Morgan fingerprint density at radius 3 is 2.23 bits per heavy atom. The minimum Gasteiger partial charge on any atom is -0.258 e. The van der Waals surface area contributed by atoms with Gasteiger partial charge in [-0.2, -0.15) is 18.4 Å². The largest absolute Gasteiger partial charge is 0.276 e. The highest BCUT2D eigenvalue weighted by Crippen LogP contribution is 2.22. The summed E-state index contributed by atoms with van der Waals surface area (Å²) in [6.45, 7) is 9.16. The number of hydrazone groups is 1. The third-order valence-corrected chi connectivity index (χ3v) is 5.46. The molecule has 0 spiro atoms. The molecule has 2 aromatic carbocycles. The summed E-state index contributed by atoms with van der Waals surface area (Å²) in [7, 11) is -4.01. The first kappa shape index (κ1) is 19.6. The minimum absolute atomic E-state index is 0.205. The maximum Gasteiger partial charge on any atom is 0.276 e. The minimum atomic E-state index is -4.01. The quantitative estimate of drug-likeness (QED) is 0.490. The highest BCUT2D eigenvalue weighted by atomic mass is 32.2. The third-order valence-electron chi connectivity index (χ3n) is 4.25. The van der Waals surface area contributed by atoms with Crippen molar-refractivity contribution in [2.45, 2.75) is 39.5 Å². The van der Waals surface area contributed by atoms with Gasteiger partial charge in [-0.1, -0.05) is 12.1 Å². The monoisotopic (exact) mass is 375 g/mol. The number of sulfonamides is 1. The molecule has 0 aliphatic heterocycles. The van der Waals surface area contributed by atoms with Gasteiger partial charge in [-0.3, -0.25) is 10.1 Å². The first-order valence-corrected chi connectivity index (χ1v) is 9.40. The van der Waals surface area contributed by atoms with E-state index in [4.69, 9.17) is 0 Å². The Morgan fingerprint density at radius 2 is 1.62 bits per heavy atom. The molecular formula is C18H21N3O4S. The van der Waals surface area contributed by atoms with Gasteiger partial charge in [0.15, 0.2) is 0 Å². The summed E-state index contributed by atoms with van der Waals surface area (Å²) in [5.74, 6) is 0. The van der Waals surface area contributed by atoms with Crippen LogP contribution in [0.3, 0.4) is 0 Å². The Hall–Kier alpha value is -2.74. The number of nitrogens with one attached hydrogen (secondary N) is 1. The molecule has 0 atom stereocenters. The van der Waals surface area contributed by atoms with Crippen LogP contribution in [0.5, 0.6) is 0 Å². The molecule has 0 heterocycles. The fourth-order valence-corrected chi connectivity index (χ4v) is 3.42. The van der Waals surface area contributed by atoms with Crippen LogP contribution in [0.15, 0.2) is 40.3 Å². The molecule has 2 rings (SSSR count). The summed E-state index contributed by atoms with van der Waals surface area (Å²) in [5, 5.41) is 15.0. The van der Waals surface area contributed by atoms with Crippen LogP contribution in [0, 0.1) is 37.8 Å². The van der Waals surface area contributed by atoms with E-state index in [9.17, 15) is 18.5 Å². The molecule has 0 unspecified atom stereocenters. The average molecular weight is 375 g/mol. The van der Waals surface area contributed by atoms with E-state index in [1.54, 1.807) is 13.8 Å². The van der Waals surface area contributed by atoms with Gasteiger partial charge in [0.05, 0.1) is 15.5 Å². The van der Waals surface area contributed by atoms with Crippen LogP contribution >= 0.6 is 0 Å². The molecule has 0 saturated heterocycles. The summed E-state index contributed by atoms with van der Waals surface area (Å²) in [6.07, 6.45) is 0. The molecule has 0 saturated carbocycles. The third kappa shape index (κ3) is 4.08. The van der Waals surface area contributed by atoms with Gasteiger partial charge in [0, 0.05) is 17.2 Å². The Morgan fingerprint density at radius 1 is 1.00 bits per heavy atom. The lowest BCUT2D eigenvalue weighted by molar-refractivity contribution is -0.385. The smallest absolute Gasteiger partial charge is 0.258 e. The molecule has 2 aromatic rings. The lowest BCUT2D eigenvalue weighted by atomic mass is 9.98. The van der Waals surface area contributed by atoms with Crippen molar-refractivity contribution < 1.29 is 13.3 Å². The summed E-state index contributed by atoms with van der Waals surface area (Å²) >= 11 is 0. The zero-order valence-corrected chi connectivity index (χ0v) is 16.1. The summed E-state index contributed by atoms with van der Waals surface area (Å²) in [5.41, 5.74) is 4.70. The number of rotatable bonds is 5. The average Bonchev–Trinajstić information content (AvgIpc) is 2.56.